The van der Waals surface area contributed by atoms with E-state index in [0.717, 1.165) is 0 Å². The molecule has 0 aromatic carbocycles. The Labute approximate surface area is 93.8 Å². The van der Waals surface area contributed by atoms with Gasteiger partial charge in [0.25, 0.3) is 0 Å². The van der Waals surface area contributed by atoms with E-state index in [2.05, 4.69) is 15.4 Å². The van der Waals surface area contributed by atoms with Crippen molar-refractivity contribution >= 4 is 12.0 Å². The third-order valence-electron chi connectivity index (χ3n) is 1.75. The lowest BCUT2D eigenvalue weighted by Crippen LogP contribution is -2.38. The summed E-state index contributed by atoms with van der Waals surface area (Å²) in [5, 5.41) is 22.2. The maximum absolute atomic E-state index is 11.1. The first kappa shape index (κ1) is 14.7. The number of alkyl carbamates (subject to hydrolysis) is 1. The third-order valence-corrected chi connectivity index (χ3v) is 1.75. The number of rotatable bonds is 6. The van der Waals surface area contributed by atoms with Gasteiger partial charge in [-0.25, -0.2) is 4.79 Å². The number of nitrogens with one attached hydrogen (secondary N) is 2. The monoisotopic (exact) mass is 234 g/mol. The zero-order valence-electron chi connectivity index (χ0n) is 9.40. The van der Waals surface area contributed by atoms with Crippen LogP contribution in [0.2, 0.25) is 0 Å². The van der Waals surface area contributed by atoms with Crippen molar-refractivity contribution in [3.63, 3.8) is 0 Å². The Balaban J connectivity index is 3.74. The topological polar surface area (TPSA) is 108 Å². The van der Waals surface area contributed by atoms with E-state index >= 15 is 0 Å². The van der Waals surface area contributed by atoms with Gasteiger partial charge in [0.1, 0.15) is 12.7 Å². The maximum atomic E-state index is 11.1. The van der Waals surface area contributed by atoms with Crippen molar-refractivity contribution in [1.82, 2.24) is 10.6 Å². The van der Waals surface area contributed by atoms with Crippen LogP contribution in [-0.4, -0.2) is 54.6 Å². The number of amides is 2. The summed E-state index contributed by atoms with van der Waals surface area (Å²) < 4.78 is 4.59. The lowest BCUT2D eigenvalue weighted by molar-refractivity contribution is -0.120. The van der Waals surface area contributed by atoms with Gasteiger partial charge >= 0.3 is 6.09 Å². The molecular weight excluding hydrogens is 216 g/mol. The molecule has 4 N–H and O–H groups in total. The number of carbonyl (C=O) groups is 2. The van der Waals surface area contributed by atoms with Gasteiger partial charge in [-0.3, -0.25) is 4.79 Å². The van der Waals surface area contributed by atoms with Crippen LogP contribution in [0, 0.1) is 0 Å². The van der Waals surface area contributed by atoms with Gasteiger partial charge in [0.05, 0.1) is 6.61 Å². The van der Waals surface area contributed by atoms with E-state index in [9.17, 15) is 9.59 Å². The number of ether oxygens (including phenoxy) is 1. The second-order valence-electron chi connectivity index (χ2n) is 3.36. The fourth-order valence-corrected chi connectivity index (χ4v) is 0.899. The first-order valence-electron chi connectivity index (χ1n) is 4.92. The molecule has 7 nitrogen and oxygen atoms in total. The van der Waals surface area contributed by atoms with Gasteiger partial charge in [-0.05, 0) is 6.92 Å². The van der Waals surface area contributed by atoms with Gasteiger partial charge in [0, 0.05) is 19.5 Å². The van der Waals surface area contributed by atoms with Crippen LogP contribution < -0.4 is 10.6 Å². The molecule has 0 saturated heterocycles. The zero-order chi connectivity index (χ0) is 12.6. The number of carbonyl (C=O) groups excluding carboxylic acids is 2. The highest BCUT2D eigenvalue weighted by atomic mass is 16.6. The molecule has 2 atom stereocenters. The number of aliphatic hydroxyl groups excluding tert-OH is 2. The molecular formula is C9H18N2O5. The predicted molar refractivity (Wildman–Crippen MR) is 55.7 cm³/mol. The first-order chi connectivity index (χ1) is 7.49. The molecule has 0 aliphatic heterocycles. The molecule has 0 aliphatic rings. The predicted octanol–water partition coefficient (Wildman–Crippen LogP) is -1.41. The van der Waals surface area contributed by atoms with Crippen molar-refractivity contribution in [3.8, 4) is 0 Å². The number of aliphatic hydroxyl groups is 2. The van der Waals surface area contributed by atoms with E-state index in [4.69, 9.17) is 10.2 Å². The number of hydrogen-bond donors (Lipinski definition) is 4. The SMILES string of the molecule is CNC(=O)CC(C)NC(=O)OCC(O)CO. The van der Waals surface area contributed by atoms with Crippen LogP contribution in [0.3, 0.4) is 0 Å². The average Bonchev–Trinajstić information content (AvgIpc) is 2.25. The molecule has 0 rings (SSSR count). The van der Waals surface area contributed by atoms with Crippen molar-refractivity contribution in [2.45, 2.75) is 25.5 Å². The molecule has 0 aromatic heterocycles. The Hall–Kier alpha value is -1.34. The third kappa shape index (κ3) is 7.02. The summed E-state index contributed by atoms with van der Waals surface area (Å²) in [6.45, 7) is 0.898. The van der Waals surface area contributed by atoms with Gasteiger partial charge in [-0.2, -0.15) is 0 Å². The minimum Gasteiger partial charge on any atom is -0.447 e. The van der Waals surface area contributed by atoms with Crippen molar-refractivity contribution in [1.29, 1.82) is 0 Å². The van der Waals surface area contributed by atoms with E-state index in [1.54, 1.807) is 6.92 Å². The highest BCUT2D eigenvalue weighted by molar-refractivity contribution is 5.77. The standard InChI is InChI=1S/C9H18N2O5/c1-6(3-8(14)10-2)11-9(15)16-5-7(13)4-12/h6-7,12-13H,3-5H2,1-2H3,(H,10,14)(H,11,15). The van der Waals surface area contributed by atoms with Crippen molar-refractivity contribution in [2.75, 3.05) is 20.3 Å². The van der Waals surface area contributed by atoms with Crippen LogP contribution in [0.15, 0.2) is 0 Å². The summed E-state index contributed by atoms with van der Waals surface area (Å²) in [6.07, 6.45) is -1.67. The smallest absolute Gasteiger partial charge is 0.407 e. The Kier molecular flexibility index (Phi) is 7.23. The van der Waals surface area contributed by atoms with Crippen molar-refractivity contribution in [2.24, 2.45) is 0 Å². The average molecular weight is 234 g/mol. The highest BCUT2D eigenvalue weighted by Crippen LogP contribution is 1.92. The summed E-state index contributed by atoms with van der Waals surface area (Å²) in [6, 6.07) is -0.362. The molecule has 0 bridgehead atoms. The highest BCUT2D eigenvalue weighted by Gasteiger charge is 2.12. The van der Waals surface area contributed by atoms with Crippen LogP contribution in [0.4, 0.5) is 4.79 Å². The first-order valence-corrected chi connectivity index (χ1v) is 4.92. The summed E-state index contributed by atoms with van der Waals surface area (Å²) in [7, 11) is 1.50. The van der Waals surface area contributed by atoms with E-state index in [1.165, 1.54) is 7.05 Å². The molecule has 2 amide bonds. The second kappa shape index (κ2) is 7.89. The molecule has 0 fully saturated rings. The van der Waals surface area contributed by atoms with E-state index in [1.807, 2.05) is 0 Å². The number of hydrogen-bond acceptors (Lipinski definition) is 5. The molecule has 0 radical (unpaired) electrons. The second-order valence-corrected chi connectivity index (χ2v) is 3.36. The lowest BCUT2D eigenvalue weighted by atomic mass is 10.2. The van der Waals surface area contributed by atoms with Gasteiger partial charge in [0.15, 0.2) is 0 Å². The Morgan fingerprint density at radius 3 is 2.56 bits per heavy atom. The Morgan fingerprint density at radius 2 is 2.06 bits per heavy atom. The van der Waals surface area contributed by atoms with E-state index < -0.39 is 18.8 Å². The summed E-state index contributed by atoms with van der Waals surface area (Å²) >= 11 is 0. The van der Waals surface area contributed by atoms with Crippen molar-refractivity contribution in [3.05, 3.63) is 0 Å². The van der Waals surface area contributed by atoms with Crippen LogP contribution >= 0.6 is 0 Å². The van der Waals surface area contributed by atoms with Crippen LogP contribution in [0.25, 0.3) is 0 Å². The molecule has 0 aromatic rings. The molecule has 7 heteroatoms. The molecule has 16 heavy (non-hydrogen) atoms. The molecule has 0 saturated carbocycles. The van der Waals surface area contributed by atoms with Crippen LogP contribution in [-0.2, 0) is 9.53 Å². The Morgan fingerprint density at radius 1 is 1.44 bits per heavy atom. The normalized spacial score (nSPS) is 13.8. The molecule has 2 unspecified atom stereocenters. The quantitative estimate of drug-likeness (QED) is 0.451. The summed E-state index contributed by atoms with van der Waals surface area (Å²) in [5.41, 5.74) is 0. The summed E-state index contributed by atoms with van der Waals surface area (Å²) in [5.74, 6) is -0.191. The minimum absolute atomic E-state index is 0.147. The minimum atomic E-state index is -1.08. The molecule has 94 valence electrons. The van der Waals surface area contributed by atoms with Gasteiger partial charge in [0.2, 0.25) is 5.91 Å². The zero-order valence-corrected chi connectivity index (χ0v) is 9.40. The fourth-order valence-electron chi connectivity index (χ4n) is 0.899. The van der Waals surface area contributed by atoms with E-state index in [-0.39, 0.29) is 25.0 Å². The van der Waals surface area contributed by atoms with E-state index in [0.29, 0.717) is 0 Å². The van der Waals surface area contributed by atoms with Crippen LogP contribution in [0.5, 0.6) is 0 Å². The van der Waals surface area contributed by atoms with Gasteiger partial charge < -0.3 is 25.6 Å². The Bertz CT molecular complexity index is 234. The largest absolute Gasteiger partial charge is 0.447 e. The van der Waals surface area contributed by atoms with Gasteiger partial charge in [-0.1, -0.05) is 0 Å². The lowest BCUT2D eigenvalue weighted by Gasteiger charge is -2.14. The fraction of sp³-hybridized carbons (Fsp3) is 0.778. The summed E-state index contributed by atoms with van der Waals surface area (Å²) in [4.78, 5) is 22.0. The molecule has 0 spiro atoms. The van der Waals surface area contributed by atoms with Gasteiger partial charge in [-0.15, -0.1) is 0 Å². The maximum Gasteiger partial charge on any atom is 0.407 e. The van der Waals surface area contributed by atoms with Crippen molar-refractivity contribution < 1.29 is 24.5 Å². The van der Waals surface area contributed by atoms with Crippen LogP contribution in [0.1, 0.15) is 13.3 Å². The molecule has 0 heterocycles. The molecule has 0 aliphatic carbocycles.